The maximum atomic E-state index is 13.5. The van der Waals surface area contributed by atoms with Gasteiger partial charge >= 0.3 is 0 Å². The molecule has 11 heteroatoms. The summed E-state index contributed by atoms with van der Waals surface area (Å²) in [5.74, 6) is 1.78. The molecule has 8 nitrogen and oxygen atoms in total. The Morgan fingerprint density at radius 1 is 0.926 bits per heavy atom. The van der Waals surface area contributed by atoms with Gasteiger partial charge in [0.1, 0.15) is 42.2 Å². The van der Waals surface area contributed by atoms with Crippen molar-refractivity contribution >= 4 is 23.2 Å². The molecule has 2 heterocycles. The number of aliphatic hydroxyl groups excluding tert-OH is 1. The standard InChI is InChI=1S/C43H47Cl2FN4O4/c44-36-21-30(26-49-37-9-1-2-10-38(37)51)41(53-27-29-20-28(23-47)24-48-25-29)22-42(36)54-39-13-12-33-32(6-3-7-34(33)39)35-8-4-11-40(43(35)45)52-19-5-16-50-17-14-31(46)15-18-50/h3-4,6-8,11,20-22,24-25,31,37-39,49,51H,1-2,5,9-10,12-19,26-27H2/t37-,38+,39+/m1/s1. The number of aromatic nitrogens is 1. The molecule has 2 aliphatic carbocycles. The predicted octanol–water partition coefficient (Wildman–Crippen LogP) is 9.17. The van der Waals surface area contributed by atoms with Gasteiger partial charge in [0, 0.05) is 67.4 Å². The van der Waals surface area contributed by atoms with E-state index in [0.29, 0.717) is 58.9 Å². The molecule has 0 unspecified atom stereocenters. The molecule has 2 fully saturated rings. The molecule has 284 valence electrons. The topological polar surface area (TPSA) is 99.9 Å². The minimum atomic E-state index is -0.669. The van der Waals surface area contributed by atoms with Gasteiger partial charge < -0.3 is 29.5 Å². The zero-order valence-electron chi connectivity index (χ0n) is 30.4. The van der Waals surface area contributed by atoms with E-state index in [4.69, 9.17) is 37.4 Å². The van der Waals surface area contributed by atoms with Gasteiger partial charge in [-0.05, 0) is 79.8 Å². The van der Waals surface area contributed by atoms with Crippen LogP contribution in [-0.2, 0) is 19.6 Å². The van der Waals surface area contributed by atoms with Crippen molar-refractivity contribution in [1.82, 2.24) is 15.2 Å². The van der Waals surface area contributed by atoms with Crippen LogP contribution in [0.25, 0.3) is 11.1 Å². The molecule has 1 saturated carbocycles. The lowest BCUT2D eigenvalue weighted by Gasteiger charge is -2.29. The van der Waals surface area contributed by atoms with Crippen molar-refractivity contribution in [2.75, 3.05) is 26.2 Å². The Kier molecular flexibility index (Phi) is 12.9. The summed E-state index contributed by atoms with van der Waals surface area (Å²) in [4.78, 5) is 6.48. The van der Waals surface area contributed by atoms with Gasteiger partial charge in [-0.15, -0.1) is 0 Å². The van der Waals surface area contributed by atoms with Crippen LogP contribution >= 0.6 is 23.2 Å². The summed E-state index contributed by atoms with van der Waals surface area (Å²) < 4.78 is 32.7. The Morgan fingerprint density at radius 2 is 1.74 bits per heavy atom. The number of halogens is 3. The van der Waals surface area contributed by atoms with E-state index < -0.39 is 6.17 Å². The molecule has 1 saturated heterocycles. The smallest absolute Gasteiger partial charge is 0.142 e. The van der Waals surface area contributed by atoms with E-state index in [-0.39, 0.29) is 24.9 Å². The van der Waals surface area contributed by atoms with Crippen LogP contribution in [0, 0.1) is 11.3 Å². The van der Waals surface area contributed by atoms with Crippen LogP contribution in [0.5, 0.6) is 17.2 Å². The second-order valence-electron chi connectivity index (χ2n) is 14.6. The van der Waals surface area contributed by atoms with Crippen molar-refractivity contribution < 1.29 is 23.7 Å². The molecule has 3 atom stereocenters. The summed E-state index contributed by atoms with van der Waals surface area (Å²) in [5, 5.41) is 24.5. The van der Waals surface area contributed by atoms with Gasteiger partial charge in [0.05, 0.1) is 28.3 Å². The number of nitrogens with one attached hydrogen (secondary N) is 1. The summed E-state index contributed by atoms with van der Waals surface area (Å²) in [6, 6.07) is 19.8. The number of piperidine rings is 1. The van der Waals surface area contributed by atoms with Crippen LogP contribution in [0.1, 0.15) is 85.3 Å². The number of nitriles is 1. The van der Waals surface area contributed by atoms with Crippen LogP contribution in [0.15, 0.2) is 67.0 Å². The number of hydrogen-bond donors (Lipinski definition) is 2. The van der Waals surface area contributed by atoms with Gasteiger partial charge in [-0.1, -0.05) is 66.4 Å². The lowest BCUT2D eigenvalue weighted by molar-refractivity contribution is 0.0901. The van der Waals surface area contributed by atoms with E-state index >= 15 is 0 Å². The normalized spacial score (nSPS) is 20.3. The number of pyridine rings is 1. The van der Waals surface area contributed by atoms with E-state index in [1.54, 1.807) is 12.3 Å². The summed E-state index contributed by atoms with van der Waals surface area (Å²) in [6.45, 7) is 3.69. The highest BCUT2D eigenvalue weighted by Crippen LogP contribution is 2.45. The second kappa shape index (κ2) is 18.1. The summed E-state index contributed by atoms with van der Waals surface area (Å²) in [7, 11) is 0. The second-order valence-corrected chi connectivity index (χ2v) is 15.4. The Bertz CT molecular complexity index is 1950. The first-order valence-electron chi connectivity index (χ1n) is 19.1. The number of rotatable bonds is 14. The fourth-order valence-electron chi connectivity index (χ4n) is 7.89. The first kappa shape index (κ1) is 38.4. The van der Waals surface area contributed by atoms with Crippen molar-refractivity contribution in [3.63, 3.8) is 0 Å². The van der Waals surface area contributed by atoms with E-state index in [2.05, 4.69) is 33.4 Å². The lowest BCUT2D eigenvalue weighted by atomic mass is 9.92. The summed E-state index contributed by atoms with van der Waals surface area (Å²) >= 11 is 13.9. The molecule has 7 rings (SSSR count). The molecule has 4 aromatic rings. The zero-order chi connectivity index (χ0) is 37.4. The third-order valence-corrected chi connectivity index (χ3v) is 11.5. The van der Waals surface area contributed by atoms with Gasteiger partial charge in [0.25, 0.3) is 0 Å². The lowest BCUT2D eigenvalue weighted by Crippen LogP contribution is -2.41. The monoisotopic (exact) mass is 772 g/mol. The largest absolute Gasteiger partial charge is 0.492 e. The number of nitrogens with zero attached hydrogens (tertiary/aromatic N) is 3. The molecule has 0 amide bonds. The maximum absolute atomic E-state index is 13.5. The molecule has 2 N–H and O–H groups in total. The van der Waals surface area contributed by atoms with Crippen molar-refractivity contribution in [3.05, 3.63) is 105 Å². The SMILES string of the molecule is N#Cc1cncc(COc2cc(O[C@H]3CCc4c(-c5cccc(OCCCN6CCC(F)CC6)c5Cl)cccc43)c(Cl)cc2CN[C@@H]2CCCC[C@@H]2O)c1. The third kappa shape index (κ3) is 9.30. The average Bonchev–Trinajstić information content (AvgIpc) is 3.60. The maximum Gasteiger partial charge on any atom is 0.142 e. The molecule has 3 aliphatic rings. The number of fused-ring (bicyclic) bond motifs is 1. The highest BCUT2D eigenvalue weighted by Gasteiger charge is 2.29. The predicted molar refractivity (Wildman–Crippen MR) is 209 cm³/mol. The fourth-order valence-corrected chi connectivity index (χ4v) is 8.40. The molecule has 54 heavy (non-hydrogen) atoms. The number of hydrogen-bond acceptors (Lipinski definition) is 8. The van der Waals surface area contributed by atoms with Gasteiger partial charge in [0.2, 0.25) is 0 Å². The van der Waals surface area contributed by atoms with Crippen molar-refractivity contribution in [1.29, 1.82) is 5.26 Å². The molecule has 1 aliphatic heterocycles. The highest BCUT2D eigenvalue weighted by atomic mass is 35.5. The van der Waals surface area contributed by atoms with Crippen LogP contribution in [0.3, 0.4) is 0 Å². The van der Waals surface area contributed by atoms with Gasteiger partial charge in [0.15, 0.2) is 0 Å². The molecule has 0 bridgehead atoms. The van der Waals surface area contributed by atoms with E-state index in [1.807, 2.05) is 36.4 Å². The molecular formula is C43H47Cl2FN4O4. The first-order chi connectivity index (χ1) is 26.4. The zero-order valence-corrected chi connectivity index (χ0v) is 31.9. The van der Waals surface area contributed by atoms with E-state index in [9.17, 15) is 14.8 Å². The summed E-state index contributed by atoms with van der Waals surface area (Å²) in [6.07, 6.45) is 9.37. The number of alkyl halides is 1. The first-order valence-corrected chi connectivity index (χ1v) is 19.9. The van der Waals surface area contributed by atoms with Crippen molar-refractivity contribution in [2.45, 2.75) is 95.4 Å². The van der Waals surface area contributed by atoms with Crippen molar-refractivity contribution in [3.8, 4) is 34.4 Å². The van der Waals surface area contributed by atoms with Crippen molar-refractivity contribution in [2.24, 2.45) is 0 Å². The Morgan fingerprint density at radius 3 is 2.57 bits per heavy atom. The van der Waals surface area contributed by atoms with Crippen LogP contribution < -0.4 is 19.5 Å². The molecule has 3 aromatic carbocycles. The summed E-state index contributed by atoms with van der Waals surface area (Å²) in [5.41, 5.74) is 6.32. The molecular weight excluding hydrogens is 726 g/mol. The quantitative estimate of drug-likeness (QED) is 0.123. The average molecular weight is 774 g/mol. The fraction of sp³-hybridized carbons (Fsp3) is 0.442. The van der Waals surface area contributed by atoms with Crippen LogP contribution in [0.4, 0.5) is 4.39 Å². The minimum Gasteiger partial charge on any atom is -0.492 e. The Labute approximate surface area is 327 Å². The van der Waals surface area contributed by atoms with Gasteiger partial charge in [-0.25, -0.2) is 4.39 Å². The number of aliphatic hydroxyl groups is 1. The molecule has 0 radical (unpaired) electrons. The Balaban J connectivity index is 1.07. The van der Waals surface area contributed by atoms with E-state index in [0.717, 1.165) is 92.4 Å². The third-order valence-electron chi connectivity index (χ3n) is 10.8. The number of likely N-dealkylation sites (tertiary alicyclic amines) is 1. The Hall–Kier alpha value is -3.91. The molecule has 0 spiro atoms. The van der Waals surface area contributed by atoms with Gasteiger partial charge in [-0.3, -0.25) is 4.98 Å². The molecule has 1 aromatic heterocycles. The number of ether oxygens (including phenoxy) is 3. The highest BCUT2D eigenvalue weighted by molar-refractivity contribution is 6.35. The van der Waals surface area contributed by atoms with Crippen LogP contribution in [-0.4, -0.2) is 59.5 Å². The van der Waals surface area contributed by atoms with E-state index in [1.165, 1.54) is 11.8 Å². The number of benzene rings is 3. The van der Waals surface area contributed by atoms with Crippen LogP contribution in [0.2, 0.25) is 10.0 Å². The van der Waals surface area contributed by atoms with Gasteiger partial charge in [-0.2, -0.15) is 5.26 Å². The minimum absolute atomic E-state index is 0.0000358.